The van der Waals surface area contributed by atoms with E-state index in [1.807, 2.05) is 24.3 Å². The van der Waals surface area contributed by atoms with Crippen LogP contribution in [0.25, 0.3) is 0 Å². The predicted molar refractivity (Wildman–Crippen MR) is 83.5 cm³/mol. The number of ether oxygens (including phenoxy) is 1. The minimum atomic E-state index is -0.937. The number of benzene rings is 1. The zero-order chi connectivity index (χ0) is 15.4. The molecule has 0 aromatic heterocycles. The van der Waals surface area contributed by atoms with Crippen molar-refractivity contribution < 1.29 is 19.4 Å². The van der Waals surface area contributed by atoms with E-state index in [0.717, 1.165) is 9.37 Å². The molecule has 1 N–H and O–H groups in total. The van der Waals surface area contributed by atoms with Crippen molar-refractivity contribution in [1.82, 2.24) is 4.90 Å². The molecule has 1 aromatic rings. The van der Waals surface area contributed by atoms with Crippen molar-refractivity contribution in [3.8, 4) is 0 Å². The summed E-state index contributed by atoms with van der Waals surface area (Å²) in [7, 11) is 1.36. The molecule has 1 aliphatic heterocycles. The Morgan fingerprint density at radius 3 is 2.86 bits per heavy atom. The normalized spacial score (nSPS) is 19.3. The fraction of sp³-hybridized carbons (Fsp3) is 0.429. The van der Waals surface area contributed by atoms with Crippen molar-refractivity contribution in [2.45, 2.75) is 16.6 Å². The summed E-state index contributed by atoms with van der Waals surface area (Å²) in [4.78, 5) is 25.4. The van der Waals surface area contributed by atoms with Gasteiger partial charge in [-0.3, -0.25) is 4.79 Å². The van der Waals surface area contributed by atoms with Crippen LogP contribution in [-0.2, 0) is 9.53 Å². The number of carboxylic acid groups (broad SMARTS) is 1. The highest BCUT2D eigenvalue weighted by molar-refractivity contribution is 9.10. The third kappa shape index (κ3) is 4.14. The van der Waals surface area contributed by atoms with Crippen molar-refractivity contribution in [3.63, 3.8) is 0 Å². The van der Waals surface area contributed by atoms with Crippen LogP contribution in [-0.4, -0.2) is 47.5 Å². The first kappa shape index (κ1) is 16.2. The fourth-order valence-electron chi connectivity index (χ4n) is 2.35. The Balaban J connectivity index is 2.12. The maximum Gasteiger partial charge on any atom is 0.407 e. The molecule has 1 aliphatic rings. The van der Waals surface area contributed by atoms with Crippen LogP contribution in [0.5, 0.6) is 0 Å². The lowest BCUT2D eigenvalue weighted by Gasteiger charge is -2.21. The van der Waals surface area contributed by atoms with E-state index in [-0.39, 0.29) is 11.9 Å². The quantitative estimate of drug-likeness (QED) is 0.648. The Kier molecular flexibility index (Phi) is 5.52. The monoisotopic (exact) mass is 373 g/mol. The third-order valence-corrected chi connectivity index (χ3v) is 5.27. The van der Waals surface area contributed by atoms with E-state index < -0.39 is 11.3 Å². The molecule has 0 saturated carbocycles. The van der Waals surface area contributed by atoms with Gasteiger partial charge in [-0.15, -0.1) is 11.8 Å². The van der Waals surface area contributed by atoms with Gasteiger partial charge >= 0.3 is 12.1 Å². The molecule has 2 atom stereocenters. The van der Waals surface area contributed by atoms with Crippen LogP contribution < -0.4 is 0 Å². The lowest BCUT2D eigenvalue weighted by atomic mass is 10.0. The number of amides is 1. The first-order valence-corrected chi connectivity index (χ1v) is 8.16. The van der Waals surface area contributed by atoms with Gasteiger partial charge in [0.15, 0.2) is 0 Å². The standard InChI is InChI=1S/C14H16BrNO4S/c1-20-13(17)12(9-5-6-16(8-9)14(18)19)21-11-4-2-3-10(15)7-11/h2-4,7,9,12H,5-6,8H2,1H3,(H,18,19)/t9-,12?/m0/s1. The van der Waals surface area contributed by atoms with Crippen molar-refractivity contribution in [1.29, 1.82) is 0 Å². The van der Waals surface area contributed by atoms with E-state index in [4.69, 9.17) is 9.84 Å². The zero-order valence-electron chi connectivity index (χ0n) is 11.5. The number of halogens is 1. The summed E-state index contributed by atoms with van der Waals surface area (Å²) in [6.45, 7) is 0.836. The lowest BCUT2D eigenvalue weighted by molar-refractivity contribution is -0.140. The Hall–Kier alpha value is -1.21. The molecule has 0 radical (unpaired) electrons. The smallest absolute Gasteiger partial charge is 0.407 e. The first-order chi connectivity index (χ1) is 10.0. The Bertz CT molecular complexity index is 539. The van der Waals surface area contributed by atoms with E-state index >= 15 is 0 Å². The van der Waals surface area contributed by atoms with Crippen LogP contribution in [0.3, 0.4) is 0 Å². The first-order valence-electron chi connectivity index (χ1n) is 6.49. The molecule has 7 heteroatoms. The summed E-state index contributed by atoms with van der Waals surface area (Å²) < 4.78 is 5.83. The van der Waals surface area contributed by atoms with Crippen LogP contribution in [0.4, 0.5) is 4.79 Å². The summed E-state index contributed by atoms with van der Waals surface area (Å²) >= 11 is 4.83. The maximum atomic E-state index is 12.0. The maximum absolute atomic E-state index is 12.0. The van der Waals surface area contributed by atoms with Crippen molar-refractivity contribution in [3.05, 3.63) is 28.7 Å². The minimum absolute atomic E-state index is 0.0301. The molecular weight excluding hydrogens is 358 g/mol. The number of methoxy groups -OCH3 is 1. The zero-order valence-corrected chi connectivity index (χ0v) is 13.9. The Morgan fingerprint density at radius 2 is 2.29 bits per heavy atom. The molecule has 1 unspecified atom stereocenters. The van der Waals surface area contributed by atoms with Crippen LogP contribution in [0.15, 0.2) is 33.6 Å². The molecule has 0 bridgehead atoms. The van der Waals surface area contributed by atoms with Crippen molar-refractivity contribution in [2.24, 2.45) is 5.92 Å². The SMILES string of the molecule is COC(=O)C(Sc1cccc(Br)c1)[C@H]1CCN(C(=O)O)C1. The molecule has 0 aliphatic carbocycles. The van der Waals surface area contributed by atoms with Gasteiger partial charge in [-0.2, -0.15) is 0 Å². The van der Waals surface area contributed by atoms with Crippen molar-refractivity contribution >= 4 is 39.8 Å². The van der Waals surface area contributed by atoms with Gasteiger partial charge in [0.25, 0.3) is 0 Å². The Labute approximate surface area is 135 Å². The lowest BCUT2D eigenvalue weighted by Crippen LogP contribution is -2.32. The van der Waals surface area contributed by atoms with Gasteiger partial charge < -0.3 is 14.7 Å². The van der Waals surface area contributed by atoms with Gasteiger partial charge in [0.1, 0.15) is 5.25 Å². The number of thioether (sulfide) groups is 1. The Morgan fingerprint density at radius 1 is 1.52 bits per heavy atom. The van der Waals surface area contributed by atoms with Gasteiger partial charge in [0.2, 0.25) is 0 Å². The van der Waals surface area contributed by atoms with E-state index in [1.165, 1.54) is 23.8 Å². The van der Waals surface area contributed by atoms with E-state index in [2.05, 4.69) is 15.9 Å². The molecule has 1 amide bonds. The van der Waals surface area contributed by atoms with Gasteiger partial charge in [-0.25, -0.2) is 4.79 Å². The second-order valence-electron chi connectivity index (χ2n) is 4.80. The molecule has 1 saturated heterocycles. The number of esters is 1. The number of carbonyl (C=O) groups excluding carboxylic acids is 1. The van der Waals surface area contributed by atoms with Crippen LogP contribution in [0.1, 0.15) is 6.42 Å². The van der Waals surface area contributed by atoms with E-state index in [1.54, 1.807) is 0 Å². The summed E-state index contributed by atoms with van der Waals surface area (Å²) in [6.07, 6.45) is -0.263. The van der Waals surface area contributed by atoms with E-state index in [0.29, 0.717) is 19.5 Å². The largest absolute Gasteiger partial charge is 0.468 e. The number of likely N-dealkylation sites (tertiary alicyclic amines) is 1. The number of hydrogen-bond donors (Lipinski definition) is 1. The second kappa shape index (κ2) is 7.17. The third-order valence-electron chi connectivity index (χ3n) is 3.42. The van der Waals surface area contributed by atoms with Gasteiger partial charge in [0, 0.05) is 28.4 Å². The van der Waals surface area contributed by atoms with Crippen molar-refractivity contribution in [2.75, 3.05) is 20.2 Å². The number of carbonyl (C=O) groups is 2. The molecule has 1 aromatic carbocycles. The summed E-state index contributed by atoms with van der Waals surface area (Å²) in [6, 6.07) is 7.68. The summed E-state index contributed by atoms with van der Waals surface area (Å²) in [5.74, 6) is -0.338. The number of hydrogen-bond acceptors (Lipinski definition) is 4. The van der Waals surface area contributed by atoms with Crippen LogP contribution in [0, 0.1) is 5.92 Å². The average Bonchev–Trinajstić information content (AvgIpc) is 2.94. The highest BCUT2D eigenvalue weighted by atomic mass is 79.9. The summed E-state index contributed by atoms with van der Waals surface area (Å²) in [5.41, 5.74) is 0. The molecular formula is C14H16BrNO4S. The average molecular weight is 374 g/mol. The molecule has 1 fully saturated rings. The molecule has 2 rings (SSSR count). The molecule has 0 spiro atoms. The van der Waals surface area contributed by atoms with Crippen LogP contribution >= 0.6 is 27.7 Å². The van der Waals surface area contributed by atoms with Crippen LogP contribution in [0.2, 0.25) is 0 Å². The second-order valence-corrected chi connectivity index (χ2v) is 6.93. The number of rotatable bonds is 4. The van der Waals surface area contributed by atoms with Gasteiger partial charge in [0.05, 0.1) is 7.11 Å². The molecule has 5 nitrogen and oxygen atoms in total. The molecule has 1 heterocycles. The predicted octanol–water partition coefficient (Wildman–Crippen LogP) is 3.08. The summed E-state index contributed by atoms with van der Waals surface area (Å²) in [5, 5.41) is 8.64. The number of nitrogens with zero attached hydrogens (tertiary/aromatic N) is 1. The van der Waals surface area contributed by atoms with Gasteiger partial charge in [-0.1, -0.05) is 22.0 Å². The minimum Gasteiger partial charge on any atom is -0.468 e. The highest BCUT2D eigenvalue weighted by Crippen LogP contribution is 2.34. The fourth-order valence-corrected chi connectivity index (χ4v) is 4.15. The molecule has 114 valence electrons. The van der Waals surface area contributed by atoms with E-state index in [9.17, 15) is 9.59 Å². The highest BCUT2D eigenvalue weighted by Gasteiger charge is 2.37. The topological polar surface area (TPSA) is 66.8 Å². The van der Waals surface area contributed by atoms with Gasteiger partial charge in [-0.05, 0) is 24.6 Å². The molecule has 21 heavy (non-hydrogen) atoms.